The van der Waals surface area contributed by atoms with Crippen molar-refractivity contribution >= 4 is 49.3 Å². The first-order valence-corrected chi connectivity index (χ1v) is 19.5. The van der Waals surface area contributed by atoms with E-state index in [1.807, 2.05) is 126 Å². The number of aromatic nitrogens is 2. The zero-order chi connectivity index (χ0) is 42.0. The largest absolute Gasteiger partial charge is 0.416 e. The van der Waals surface area contributed by atoms with Crippen molar-refractivity contribution in [3.05, 3.63) is 197 Å². The van der Waals surface area contributed by atoms with Crippen molar-refractivity contribution in [3.8, 4) is 56.9 Å². The van der Waals surface area contributed by atoms with Gasteiger partial charge >= 0.3 is 6.18 Å². The molecule has 0 N–H and O–H groups in total. The van der Waals surface area contributed by atoms with Crippen LogP contribution in [0.3, 0.4) is 0 Å². The number of para-hydroxylation sites is 2. The van der Waals surface area contributed by atoms with Crippen molar-refractivity contribution in [1.29, 1.82) is 10.5 Å². The van der Waals surface area contributed by atoms with E-state index in [2.05, 4.69) is 21.6 Å². The number of hydrogen-bond donors (Lipinski definition) is 0. The van der Waals surface area contributed by atoms with Gasteiger partial charge in [-0.2, -0.15) is 23.7 Å². The van der Waals surface area contributed by atoms with Gasteiger partial charge in [-0.05, 0) is 107 Å². The number of nitrogens with zero attached hydrogens (tertiary/aromatic N) is 5. The second kappa shape index (κ2) is 14.2. The van der Waals surface area contributed by atoms with E-state index in [9.17, 15) is 23.7 Å². The van der Waals surface area contributed by atoms with Crippen LogP contribution in [0.5, 0.6) is 0 Å². The van der Waals surface area contributed by atoms with Crippen LogP contribution in [0.25, 0.3) is 93.2 Å². The maximum absolute atomic E-state index is 14.8. The number of hydrogen-bond acceptors (Lipinski definition) is 2. The Kier molecular flexibility index (Phi) is 8.58. The maximum atomic E-state index is 14.8. The van der Waals surface area contributed by atoms with Crippen molar-refractivity contribution in [2.24, 2.45) is 0 Å². The minimum atomic E-state index is -4.63. The van der Waals surface area contributed by atoms with E-state index in [-0.39, 0.29) is 0 Å². The van der Waals surface area contributed by atoms with Crippen LogP contribution >= 0.6 is 0 Å². The third-order valence-corrected chi connectivity index (χ3v) is 11.4. The Bertz CT molecular complexity index is 3390. The van der Waals surface area contributed by atoms with Crippen molar-refractivity contribution in [3.63, 3.8) is 0 Å². The van der Waals surface area contributed by atoms with Crippen molar-refractivity contribution in [1.82, 2.24) is 9.13 Å². The standard InChI is InChI=1S/C53H30F3N5/c1-32-21-39(26-40(22-32)53(54,55)56)52-50(60-46-15-5-3-13-42(46)44-19-17-37(28-48(44)60)35-10-7-9-33(23-35)30-57)24-34(31-58)25-51(52)61-47-16-6-4-14-43(47)45-20-18-38(29-49(45)61)36-11-8-12-41(27-36)59-2/h3-29H,1H3. The quantitative estimate of drug-likeness (QED) is 0.163. The fraction of sp³-hybridized carbons (Fsp3) is 0.0377. The first-order valence-electron chi connectivity index (χ1n) is 19.5. The molecule has 0 spiro atoms. The molecule has 61 heavy (non-hydrogen) atoms. The SMILES string of the molecule is [C-]#[N+]c1cccc(-c2ccc3c4ccccc4n(-c4cc(C#N)cc(-n5c6ccccc6c6ccc(-c7cccc(C#N)c7)cc65)c4-c4cc(C)cc(C(F)(F)F)c4)c3c2)c1. The van der Waals surface area contributed by atoms with E-state index in [0.29, 0.717) is 44.9 Å². The zero-order valence-electron chi connectivity index (χ0n) is 32.5. The smallest absolute Gasteiger partial charge is 0.308 e. The molecule has 0 aliphatic carbocycles. The topological polar surface area (TPSA) is 61.8 Å². The summed E-state index contributed by atoms with van der Waals surface area (Å²) in [7, 11) is 0. The number of aryl methyl sites for hydroxylation is 1. The molecule has 5 nitrogen and oxygen atoms in total. The van der Waals surface area contributed by atoms with Gasteiger partial charge in [-0.15, -0.1) is 0 Å². The van der Waals surface area contributed by atoms with Gasteiger partial charge in [-0.25, -0.2) is 4.85 Å². The zero-order valence-corrected chi connectivity index (χ0v) is 32.5. The van der Waals surface area contributed by atoms with Crippen molar-refractivity contribution in [2.45, 2.75) is 13.1 Å². The molecule has 10 rings (SSSR count). The van der Waals surface area contributed by atoms with Crippen LogP contribution in [0.1, 0.15) is 22.3 Å². The lowest BCUT2D eigenvalue weighted by molar-refractivity contribution is -0.137. The third-order valence-electron chi connectivity index (χ3n) is 11.4. The lowest BCUT2D eigenvalue weighted by Crippen LogP contribution is -2.08. The second-order valence-electron chi connectivity index (χ2n) is 15.1. The van der Waals surface area contributed by atoms with Gasteiger partial charge in [0.1, 0.15) is 0 Å². The Morgan fingerprint density at radius 1 is 0.492 bits per heavy atom. The summed E-state index contributed by atoms with van der Waals surface area (Å²) in [5, 5.41) is 24.2. The first kappa shape index (κ1) is 36.9. The Labute approximate surface area is 348 Å². The molecule has 0 bridgehead atoms. The van der Waals surface area contributed by atoms with Crippen molar-refractivity contribution < 1.29 is 13.2 Å². The molecular formula is C53H30F3N5. The Morgan fingerprint density at radius 2 is 1.02 bits per heavy atom. The number of alkyl halides is 3. The molecule has 2 aromatic heterocycles. The third kappa shape index (κ3) is 6.16. The number of halogens is 3. The van der Waals surface area contributed by atoms with Gasteiger partial charge in [0.15, 0.2) is 5.69 Å². The first-order chi connectivity index (χ1) is 29.6. The highest BCUT2D eigenvalue weighted by molar-refractivity contribution is 6.13. The number of nitriles is 2. The van der Waals surface area contributed by atoms with Crippen molar-refractivity contribution in [2.75, 3.05) is 0 Å². The summed E-state index contributed by atoms with van der Waals surface area (Å²) >= 11 is 0. The van der Waals surface area contributed by atoms with E-state index in [0.717, 1.165) is 71.9 Å². The van der Waals surface area contributed by atoms with E-state index < -0.39 is 11.7 Å². The lowest BCUT2D eigenvalue weighted by atomic mass is 9.94. The number of benzene rings is 8. The molecule has 10 aromatic rings. The summed E-state index contributed by atoms with van der Waals surface area (Å²) in [4.78, 5) is 3.64. The normalized spacial score (nSPS) is 11.6. The summed E-state index contributed by atoms with van der Waals surface area (Å²) < 4.78 is 48.5. The van der Waals surface area contributed by atoms with E-state index in [4.69, 9.17) is 6.57 Å². The van der Waals surface area contributed by atoms with Gasteiger partial charge in [0, 0.05) is 27.1 Å². The van der Waals surface area contributed by atoms with Gasteiger partial charge in [0.25, 0.3) is 0 Å². The molecule has 8 aromatic carbocycles. The summed E-state index contributed by atoms with van der Waals surface area (Å²) in [5.74, 6) is 0. The average Bonchev–Trinajstić information content (AvgIpc) is 3.80. The molecule has 0 saturated carbocycles. The highest BCUT2D eigenvalue weighted by Crippen LogP contribution is 2.45. The Morgan fingerprint density at radius 3 is 1.57 bits per heavy atom. The summed E-state index contributed by atoms with van der Waals surface area (Å²) in [6.07, 6.45) is -4.63. The van der Waals surface area contributed by atoms with Gasteiger partial charge in [0.05, 0.1) is 68.8 Å². The molecule has 0 radical (unpaired) electrons. The van der Waals surface area contributed by atoms with Crippen LogP contribution in [0, 0.1) is 36.2 Å². The molecule has 0 aliphatic heterocycles. The van der Waals surface area contributed by atoms with Crippen LogP contribution in [0.2, 0.25) is 0 Å². The number of rotatable bonds is 5. The minimum absolute atomic E-state index is 0.313. The van der Waals surface area contributed by atoms with Crippen LogP contribution in [-0.2, 0) is 6.18 Å². The van der Waals surface area contributed by atoms with Gasteiger partial charge in [-0.3, -0.25) is 0 Å². The molecule has 2 heterocycles. The monoisotopic (exact) mass is 793 g/mol. The maximum Gasteiger partial charge on any atom is 0.416 e. The van der Waals surface area contributed by atoms with Gasteiger partial charge < -0.3 is 9.13 Å². The van der Waals surface area contributed by atoms with E-state index in [1.165, 1.54) is 6.07 Å². The fourth-order valence-electron chi connectivity index (χ4n) is 8.76. The molecule has 0 saturated heterocycles. The van der Waals surface area contributed by atoms with Crippen LogP contribution < -0.4 is 0 Å². The van der Waals surface area contributed by atoms with Crippen LogP contribution in [0.4, 0.5) is 18.9 Å². The molecular weight excluding hydrogens is 764 g/mol. The summed E-state index contributed by atoms with van der Waals surface area (Å²) in [5.41, 5.74) is 9.37. The highest BCUT2D eigenvalue weighted by atomic mass is 19.4. The Balaban J connectivity index is 1.38. The average molecular weight is 794 g/mol. The molecule has 0 atom stereocenters. The summed E-state index contributed by atoms with van der Waals surface area (Å²) in [6, 6.07) is 54.9. The minimum Gasteiger partial charge on any atom is -0.308 e. The molecule has 0 aliphatic rings. The molecule has 8 heteroatoms. The van der Waals surface area contributed by atoms with E-state index >= 15 is 0 Å². The fourth-order valence-corrected chi connectivity index (χ4v) is 8.76. The highest BCUT2D eigenvalue weighted by Gasteiger charge is 2.32. The molecule has 288 valence electrons. The predicted octanol–water partition coefficient (Wildman–Crippen LogP) is 14.5. The molecule has 0 unspecified atom stereocenters. The lowest BCUT2D eigenvalue weighted by Gasteiger charge is -2.22. The van der Waals surface area contributed by atoms with Gasteiger partial charge in [-0.1, -0.05) is 97.1 Å². The Hall–Kier alpha value is -8.38. The van der Waals surface area contributed by atoms with Crippen LogP contribution in [-0.4, -0.2) is 9.13 Å². The number of fused-ring (bicyclic) bond motifs is 6. The predicted molar refractivity (Wildman–Crippen MR) is 237 cm³/mol. The molecule has 0 fully saturated rings. The molecule has 0 amide bonds. The van der Waals surface area contributed by atoms with Crippen LogP contribution in [0.15, 0.2) is 164 Å². The second-order valence-corrected chi connectivity index (χ2v) is 15.1. The van der Waals surface area contributed by atoms with Gasteiger partial charge in [0.2, 0.25) is 0 Å². The van der Waals surface area contributed by atoms with E-state index in [1.54, 1.807) is 37.3 Å². The summed E-state index contributed by atoms with van der Waals surface area (Å²) in [6.45, 7) is 9.29.